The smallest absolute Gasteiger partial charge is 0.258 e. The first-order valence-corrected chi connectivity index (χ1v) is 10.6. The van der Waals surface area contributed by atoms with Crippen LogP contribution < -0.4 is 20.1 Å². The summed E-state index contributed by atoms with van der Waals surface area (Å²) in [5.74, 6) is 1.06. The molecule has 2 aromatic heterocycles. The van der Waals surface area contributed by atoms with E-state index in [1.807, 2.05) is 25.1 Å². The maximum absolute atomic E-state index is 12.5. The minimum Gasteiger partial charge on any atom is -0.493 e. The summed E-state index contributed by atoms with van der Waals surface area (Å²) in [7, 11) is 0. The van der Waals surface area contributed by atoms with Gasteiger partial charge in [0.2, 0.25) is 0 Å². The van der Waals surface area contributed by atoms with Gasteiger partial charge in [-0.05, 0) is 42.8 Å². The predicted molar refractivity (Wildman–Crippen MR) is 111 cm³/mol. The monoisotopic (exact) mass is 392 g/mol. The highest BCUT2D eigenvalue weighted by molar-refractivity contribution is 5.40. The second-order valence-electron chi connectivity index (χ2n) is 8.34. The number of quaternary nitrogens is 2. The lowest BCUT2D eigenvalue weighted by atomic mass is 10.1. The molecule has 1 fully saturated rings. The Kier molecular flexibility index (Phi) is 4.81. The summed E-state index contributed by atoms with van der Waals surface area (Å²) >= 11 is 0. The third-order valence-electron chi connectivity index (χ3n) is 6.24. The van der Waals surface area contributed by atoms with Crippen LogP contribution in [-0.4, -0.2) is 42.2 Å². The number of pyridine rings is 1. The standard InChI is InChI=1S/C23H26N4O2/c1-17-3-2-4-22-24-20(14-23(28)27(17)22)16-26-10-8-25(9-11-26)15-18-5-6-21-19(13-18)7-12-29-21/h2-6,13-14H,7-12,15-16H2,1H3/p+2. The first-order valence-electron chi connectivity index (χ1n) is 10.6. The molecule has 0 bridgehead atoms. The molecule has 6 nitrogen and oxygen atoms in total. The molecule has 0 saturated carbocycles. The molecule has 0 amide bonds. The number of piperazine rings is 1. The maximum Gasteiger partial charge on any atom is 0.258 e. The van der Waals surface area contributed by atoms with E-state index >= 15 is 0 Å². The highest BCUT2D eigenvalue weighted by atomic mass is 16.5. The minimum absolute atomic E-state index is 0.0207. The first-order chi connectivity index (χ1) is 14.2. The van der Waals surface area contributed by atoms with Crippen molar-refractivity contribution >= 4 is 5.65 Å². The molecule has 3 aromatic rings. The Hall–Kier alpha value is -2.70. The molecule has 1 saturated heterocycles. The number of aromatic nitrogens is 2. The van der Waals surface area contributed by atoms with Crippen LogP contribution in [0, 0.1) is 6.92 Å². The number of fused-ring (bicyclic) bond motifs is 2. The largest absolute Gasteiger partial charge is 0.493 e. The van der Waals surface area contributed by atoms with Crippen LogP contribution in [0.15, 0.2) is 47.3 Å². The lowest BCUT2D eigenvalue weighted by Crippen LogP contribution is -3.27. The Morgan fingerprint density at radius 2 is 1.83 bits per heavy atom. The Labute approximate surface area is 170 Å². The second-order valence-corrected chi connectivity index (χ2v) is 8.34. The minimum atomic E-state index is 0.0207. The molecule has 0 atom stereocenters. The molecule has 0 radical (unpaired) electrons. The van der Waals surface area contributed by atoms with E-state index in [1.165, 1.54) is 16.0 Å². The van der Waals surface area contributed by atoms with Crippen molar-refractivity contribution in [2.45, 2.75) is 26.4 Å². The van der Waals surface area contributed by atoms with E-state index in [0.29, 0.717) is 0 Å². The lowest BCUT2D eigenvalue weighted by Gasteiger charge is -2.29. The van der Waals surface area contributed by atoms with Crippen molar-refractivity contribution in [3.63, 3.8) is 0 Å². The molecule has 2 aliphatic heterocycles. The summed E-state index contributed by atoms with van der Waals surface area (Å²) in [6, 6.07) is 14.2. The fourth-order valence-electron chi connectivity index (χ4n) is 4.66. The quantitative estimate of drug-likeness (QED) is 0.625. The van der Waals surface area contributed by atoms with Crippen molar-refractivity contribution in [1.29, 1.82) is 0 Å². The highest BCUT2D eigenvalue weighted by Crippen LogP contribution is 2.25. The predicted octanol–water partition coefficient (Wildman–Crippen LogP) is -0.579. The van der Waals surface area contributed by atoms with Crippen LogP contribution in [0.3, 0.4) is 0 Å². The van der Waals surface area contributed by atoms with Gasteiger partial charge >= 0.3 is 0 Å². The maximum atomic E-state index is 12.5. The summed E-state index contributed by atoms with van der Waals surface area (Å²) in [6.45, 7) is 9.18. The Morgan fingerprint density at radius 3 is 2.66 bits per heavy atom. The third-order valence-corrected chi connectivity index (χ3v) is 6.24. The Balaban J connectivity index is 1.21. The normalized spacial score (nSPS) is 21.1. The van der Waals surface area contributed by atoms with E-state index in [2.05, 4.69) is 18.2 Å². The summed E-state index contributed by atoms with van der Waals surface area (Å²) in [6.07, 6.45) is 1.04. The molecule has 0 spiro atoms. The van der Waals surface area contributed by atoms with Gasteiger partial charge in [0, 0.05) is 23.7 Å². The van der Waals surface area contributed by atoms with Gasteiger partial charge in [0.1, 0.15) is 56.4 Å². The number of benzene rings is 1. The number of hydrogen-bond acceptors (Lipinski definition) is 3. The zero-order valence-electron chi connectivity index (χ0n) is 16.9. The van der Waals surface area contributed by atoms with Crippen LogP contribution >= 0.6 is 0 Å². The van der Waals surface area contributed by atoms with Gasteiger partial charge in [-0.15, -0.1) is 0 Å². The number of nitrogens with zero attached hydrogens (tertiary/aromatic N) is 2. The van der Waals surface area contributed by atoms with E-state index in [-0.39, 0.29) is 5.56 Å². The van der Waals surface area contributed by atoms with Gasteiger partial charge in [0.05, 0.1) is 6.61 Å². The average molecular weight is 393 g/mol. The topological polar surface area (TPSA) is 52.5 Å². The molecule has 150 valence electrons. The summed E-state index contributed by atoms with van der Waals surface area (Å²) in [5.41, 5.74) is 5.36. The van der Waals surface area contributed by atoms with Crippen LogP contribution in [0.5, 0.6) is 5.75 Å². The number of rotatable bonds is 4. The molecular weight excluding hydrogens is 364 g/mol. The van der Waals surface area contributed by atoms with E-state index < -0.39 is 0 Å². The molecule has 29 heavy (non-hydrogen) atoms. The zero-order chi connectivity index (χ0) is 19.8. The summed E-state index contributed by atoms with van der Waals surface area (Å²) in [5, 5.41) is 0. The van der Waals surface area contributed by atoms with Gasteiger partial charge in [-0.1, -0.05) is 6.07 Å². The van der Waals surface area contributed by atoms with Gasteiger partial charge < -0.3 is 14.5 Å². The van der Waals surface area contributed by atoms with Crippen molar-refractivity contribution in [2.75, 3.05) is 32.8 Å². The second kappa shape index (κ2) is 7.61. The SMILES string of the molecule is Cc1cccc2nc(C[NH+]3CC[NH+](Cc4ccc5c(c4)CCO5)CC3)cc(=O)n12. The molecule has 0 aliphatic carbocycles. The van der Waals surface area contributed by atoms with Crippen molar-refractivity contribution in [2.24, 2.45) is 0 Å². The van der Waals surface area contributed by atoms with Crippen molar-refractivity contribution in [3.05, 3.63) is 75.3 Å². The van der Waals surface area contributed by atoms with Crippen molar-refractivity contribution in [1.82, 2.24) is 9.38 Å². The third kappa shape index (κ3) is 3.78. The van der Waals surface area contributed by atoms with Crippen LogP contribution in [0.25, 0.3) is 5.65 Å². The van der Waals surface area contributed by atoms with E-state index in [9.17, 15) is 4.79 Å². The van der Waals surface area contributed by atoms with Crippen LogP contribution in [-0.2, 0) is 19.5 Å². The van der Waals surface area contributed by atoms with Crippen LogP contribution in [0.2, 0.25) is 0 Å². The number of aryl methyl sites for hydroxylation is 1. The van der Waals surface area contributed by atoms with E-state index in [0.717, 1.165) is 75.1 Å². The lowest BCUT2D eigenvalue weighted by molar-refractivity contribution is -1.02. The number of nitrogens with one attached hydrogen (secondary N) is 2. The van der Waals surface area contributed by atoms with E-state index in [4.69, 9.17) is 9.72 Å². The molecule has 1 aromatic carbocycles. The fraction of sp³-hybridized carbons (Fsp3) is 0.391. The highest BCUT2D eigenvalue weighted by Gasteiger charge is 2.24. The van der Waals surface area contributed by atoms with Crippen LogP contribution in [0.1, 0.15) is 22.5 Å². The number of hydrogen-bond donors (Lipinski definition) is 2. The van der Waals surface area contributed by atoms with Gasteiger partial charge in [0.25, 0.3) is 5.56 Å². The molecular formula is C23H28N4O2+2. The van der Waals surface area contributed by atoms with Gasteiger partial charge in [0.15, 0.2) is 0 Å². The van der Waals surface area contributed by atoms with E-state index in [1.54, 1.807) is 15.4 Å². The van der Waals surface area contributed by atoms with Crippen LogP contribution in [0.4, 0.5) is 0 Å². The molecule has 4 heterocycles. The van der Waals surface area contributed by atoms with Gasteiger partial charge in [-0.3, -0.25) is 9.20 Å². The van der Waals surface area contributed by atoms with Crippen molar-refractivity contribution in [3.8, 4) is 5.75 Å². The number of ether oxygens (including phenoxy) is 1. The fourth-order valence-corrected chi connectivity index (χ4v) is 4.66. The molecule has 2 N–H and O–H groups in total. The van der Waals surface area contributed by atoms with Gasteiger partial charge in [-0.2, -0.15) is 0 Å². The molecule has 5 rings (SSSR count). The van der Waals surface area contributed by atoms with Crippen molar-refractivity contribution < 1.29 is 14.5 Å². The summed E-state index contributed by atoms with van der Waals surface area (Å²) < 4.78 is 7.30. The first kappa shape index (κ1) is 18.3. The average Bonchev–Trinajstić information content (AvgIpc) is 3.17. The molecule has 0 unspecified atom stereocenters. The van der Waals surface area contributed by atoms with Gasteiger partial charge in [-0.25, -0.2) is 4.98 Å². The molecule has 6 heteroatoms. The zero-order valence-corrected chi connectivity index (χ0v) is 16.9. The Morgan fingerprint density at radius 1 is 1.03 bits per heavy atom. The molecule has 2 aliphatic rings. The Bertz CT molecular complexity index is 1100. The summed E-state index contributed by atoms with van der Waals surface area (Å²) in [4.78, 5) is 20.4.